The molecule has 0 spiro atoms. The van der Waals surface area contributed by atoms with Gasteiger partial charge in [-0.25, -0.2) is 4.98 Å². The van der Waals surface area contributed by atoms with Gasteiger partial charge in [-0.05, 0) is 18.2 Å². The van der Waals surface area contributed by atoms with E-state index >= 15 is 0 Å². The first-order valence-corrected chi connectivity index (χ1v) is 6.00. The van der Waals surface area contributed by atoms with Gasteiger partial charge in [0.05, 0.1) is 17.8 Å². The maximum atomic E-state index is 12.1. The van der Waals surface area contributed by atoms with E-state index in [1.54, 1.807) is 24.4 Å². The largest absolute Gasteiger partial charge is 0.345 e. The first kappa shape index (κ1) is 13.4. The lowest BCUT2D eigenvalue weighted by atomic mass is 10.1. The van der Waals surface area contributed by atoms with Crippen molar-refractivity contribution in [3.8, 4) is 0 Å². The van der Waals surface area contributed by atoms with Gasteiger partial charge < -0.3 is 15.3 Å². The SMILES string of the molecule is Cn1ccnc1CNC(=O)c1cc(Cl)ccc1NN. The Morgan fingerprint density at radius 2 is 2.32 bits per heavy atom. The molecule has 1 amide bonds. The van der Waals surface area contributed by atoms with E-state index in [1.165, 1.54) is 0 Å². The molecule has 0 aliphatic rings. The summed E-state index contributed by atoms with van der Waals surface area (Å²) >= 11 is 5.88. The number of carbonyl (C=O) groups excluding carboxylic acids is 1. The maximum Gasteiger partial charge on any atom is 0.253 e. The summed E-state index contributed by atoms with van der Waals surface area (Å²) in [6.07, 6.45) is 3.49. The molecule has 2 rings (SSSR count). The van der Waals surface area contributed by atoms with Crippen molar-refractivity contribution in [2.24, 2.45) is 12.9 Å². The summed E-state index contributed by atoms with van der Waals surface area (Å²) in [5, 5.41) is 3.24. The fourth-order valence-electron chi connectivity index (χ4n) is 1.65. The highest BCUT2D eigenvalue weighted by molar-refractivity contribution is 6.31. The normalized spacial score (nSPS) is 10.3. The standard InChI is InChI=1S/C12H14ClN5O/c1-18-5-4-15-11(18)7-16-12(19)9-6-8(13)2-3-10(9)17-14/h2-6,17H,7,14H2,1H3,(H,16,19). The van der Waals surface area contributed by atoms with Crippen LogP contribution in [0.4, 0.5) is 5.69 Å². The number of anilines is 1. The summed E-state index contributed by atoms with van der Waals surface area (Å²) in [5.41, 5.74) is 3.38. The highest BCUT2D eigenvalue weighted by Crippen LogP contribution is 2.19. The summed E-state index contributed by atoms with van der Waals surface area (Å²) in [6.45, 7) is 0.332. The van der Waals surface area contributed by atoms with Crippen LogP contribution in [0.15, 0.2) is 30.6 Å². The van der Waals surface area contributed by atoms with Crippen molar-refractivity contribution in [3.05, 3.63) is 47.0 Å². The van der Waals surface area contributed by atoms with Crippen LogP contribution in [-0.2, 0) is 13.6 Å². The van der Waals surface area contributed by atoms with Crippen LogP contribution < -0.4 is 16.6 Å². The number of nitrogens with one attached hydrogen (secondary N) is 2. The van der Waals surface area contributed by atoms with E-state index in [9.17, 15) is 4.79 Å². The van der Waals surface area contributed by atoms with Gasteiger partial charge in [0.15, 0.2) is 0 Å². The number of hydrogen-bond donors (Lipinski definition) is 3. The number of nitrogen functional groups attached to an aromatic ring is 1. The molecule has 6 nitrogen and oxygen atoms in total. The molecule has 0 aliphatic carbocycles. The summed E-state index contributed by atoms with van der Waals surface area (Å²) < 4.78 is 1.83. The predicted molar refractivity (Wildman–Crippen MR) is 73.6 cm³/mol. The molecule has 1 heterocycles. The van der Waals surface area contributed by atoms with Crippen molar-refractivity contribution < 1.29 is 4.79 Å². The third kappa shape index (κ3) is 3.04. The number of halogens is 1. The van der Waals surface area contributed by atoms with E-state index in [2.05, 4.69) is 15.7 Å². The Morgan fingerprint density at radius 1 is 1.53 bits per heavy atom. The van der Waals surface area contributed by atoms with Crippen molar-refractivity contribution in [1.29, 1.82) is 0 Å². The number of benzene rings is 1. The molecule has 4 N–H and O–H groups in total. The molecule has 0 atom stereocenters. The van der Waals surface area contributed by atoms with Crippen LogP contribution in [0, 0.1) is 0 Å². The minimum atomic E-state index is -0.265. The third-order valence-corrected chi connectivity index (χ3v) is 2.94. The number of carbonyl (C=O) groups is 1. The summed E-state index contributed by atoms with van der Waals surface area (Å²) in [4.78, 5) is 16.2. The molecule has 1 aromatic carbocycles. The van der Waals surface area contributed by atoms with Gasteiger partial charge >= 0.3 is 0 Å². The molecule has 1 aromatic heterocycles. The van der Waals surface area contributed by atoms with Crippen LogP contribution in [-0.4, -0.2) is 15.5 Å². The van der Waals surface area contributed by atoms with Gasteiger partial charge in [0.1, 0.15) is 5.82 Å². The van der Waals surface area contributed by atoms with Gasteiger partial charge in [-0.15, -0.1) is 0 Å². The highest BCUT2D eigenvalue weighted by Gasteiger charge is 2.12. The third-order valence-electron chi connectivity index (χ3n) is 2.71. The average Bonchev–Trinajstić information content (AvgIpc) is 2.81. The van der Waals surface area contributed by atoms with Gasteiger partial charge in [0.2, 0.25) is 0 Å². The van der Waals surface area contributed by atoms with Crippen molar-refractivity contribution >= 4 is 23.2 Å². The lowest BCUT2D eigenvalue weighted by Gasteiger charge is -2.10. The number of imidazole rings is 1. The summed E-state index contributed by atoms with van der Waals surface area (Å²) in [7, 11) is 1.86. The smallest absolute Gasteiger partial charge is 0.253 e. The molecule has 2 aromatic rings. The first-order valence-electron chi connectivity index (χ1n) is 5.62. The monoisotopic (exact) mass is 279 g/mol. The van der Waals surface area contributed by atoms with Crippen LogP contribution in [0.25, 0.3) is 0 Å². The van der Waals surface area contributed by atoms with Crippen LogP contribution >= 0.6 is 11.6 Å². The van der Waals surface area contributed by atoms with Gasteiger partial charge in [0.25, 0.3) is 5.91 Å². The quantitative estimate of drug-likeness (QED) is 0.581. The molecule has 0 unspecified atom stereocenters. The molecule has 0 saturated heterocycles. The Morgan fingerprint density at radius 3 is 2.95 bits per heavy atom. The van der Waals surface area contributed by atoms with Crippen molar-refractivity contribution in [3.63, 3.8) is 0 Å². The highest BCUT2D eigenvalue weighted by atomic mass is 35.5. The van der Waals surface area contributed by atoms with Crippen molar-refractivity contribution in [2.45, 2.75) is 6.54 Å². The topological polar surface area (TPSA) is 85.0 Å². The number of rotatable bonds is 4. The number of hydrazine groups is 1. The number of nitrogens with two attached hydrogens (primary N) is 1. The number of aromatic nitrogens is 2. The molecular weight excluding hydrogens is 266 g/mol. The van der Waals surface area contributed by atoms with Crippen molar-refractivity contribution in [2.75, 3.05) is 5.43 Å². The second-order valence-electron chi connectivity index (χ2n) is 3.97. The number of amides is 1. The van der Waals surface area contributed by atoms with Crippen LogP contribution in [0.3, 0.4) is 0 Å². The Bertz CT molecular complexity index is 596. The van der Waals surface area contributed by atoms with E-state index in [0.717, 1.165) is 5.82 Å². The lowest BCUT2D eigenvalue weighted by Crippen LogP contribution is -2.26. The second-order valence-corrected chi connectivity index (χ2v) is 4.41. The van der Waals surface area contributed by atoms with E-state index in [0.29, 0.717) is 22.8 Å². The van der Waals surface area contributed by atoms with E-state index < -0.39 is 0 Å². The fraction of sp³-hybridized carbons (Fsp3) is 0.167. The Hall–Kier alpha value is -2.05. The van der Waals surface area contributed by atoms with Gasteiger partial charge in [0, 0.05) is 24.5 Å². The maximum absolute atomic E-state index is 12.1. The van der Waals surface area contributed by atoms with Crippen molar-refractivity contribution in [1.82, 2.24) is 14.9 Å². The lowest BCUT2D eigenvalue weighted by molar-refractivity contribution is 0.0950. The Labute approximate surface area is 115 Å². The fourth-order valence-corrected chi connectivity index (χ4v) is 1.82. The van der Waals surface area contributed by atoms with Crippen LogP contribution in [0.1, 0.15) is 16.2 Å². The Balaban J connectivity index is 2.12. The Kier molecular flexibility index (Phi) is 4.03. The van der Waals surface area contributed by atoms with Gasteiger partial charge in [-0.3, -0.25) is 10.6 Å². The van der Waals surface area contributed by atoms with Gasteiger partial charge in [-0.2, -0.15) is 0 Å². The zero-order chi connectivity index (χ0) is 13.8. The number of nitrogens with zero attached hydrogens (tertiary/aromatic N) is 2. The molecule has 0 fully saturated rings. The molecule has 0 radical (unpaired) electrons. The first-order chi connectivity index (χ1) is 9.11. The molecule has 100 valence electrons. The van der Waals surface area contributed by atoms with Crippen LogP contribution in [0.5, 0.6) is 0 Å². The molecule has 0 bridgehead atoms. The minimum Gasteiger partial charge on any atom is -0.345 e. The molecule has 0 aliphatic heterocycles. The zero-order valence-electron chi connectivity index (χ0n) is 10.4. The minimum absolute atomic E-state index is 0.265. The van der Waals surface area contributed by atoms with E-state index in [4.69, 9.17) is 17.4 Å². The molecular formula is C12H14ClN5O. The second kappa shape index (κ2) is 5.73. The number of hydrogen-bond acceptors (Lipinski definition) is 4. The van der Waals surface area contributed by atoms with Gasteiger partial charge in [-0.1, -0.05) is 11.6 Å². The van der Waals surface area contributed by atoms with Crippen LogP contribution in [0.2, 0.25) is 5.02 Å². The molecule has 0 saturated carbocycles. The van der Waals surface area contributed by atoms with E-state index in [-0.39, 0.29) is 5.91 Å². The predicted octanol–water partition coefficient (Wildman–Crippen LogP) is 1.29. The summed E-state index contributed by atoms with van der Waals surface area (Å²) in [6, 6.07) is 4.87. The molecule has 19 heavy (non-hydrogen) atoms. The number of aryl methyl sites for hydroxylation is 1. The average molecular weight is 280 g/mol. The van der Waals surface area contributed by atoms with E-state index in [1.807, 2.05) is 17.8 Å². The molecule has 7 heteroatoms. The summed E-state index contributed by atoms with van der Waals surface area (Å²) in [5.74, 6) is 5.86. The zero-order valence-corrected chi connectivity index (χ0v) is 11.1.